The Hall–Kier alpha value is -0.0900. The Morgan fingerprint density at radius 3 is 2.62 bits per heavy atom. The van der Waals surface area contributed by atoms with E-state index in [2.05, 4.69) is 9.59 Å². The van der Waals surface area contributed by atoms with Crippen LogP contribution < -0.4 is 0 Å². The highest BCUT2D eigenvalue weighted by molar-refractivity contribution is 8.00. The van der Waals surface area contributed by atoms with E-state index < -0.39 is 0 Å². The summed E-state index contributed by atoms with van der Waals surface area (Å²) in [6.45, 7) is 1.97. The van der Waals surface area contributed by atoms with Crippen LogP contribution >= 0.6 is 23.3 Å². The van der Waals surface area contributed by atoms with Crippen molar-refractivity contribution in [3.8, 4) is 0 Å². The highest BCUT2D eigenvalue weighted by Gasteiger charge is 1.97. The lowest BCUT2D eigenvalue weighted by Gasteiger charge is -1.82. The normalized spacial score (nSPS) is 9.75. The maximum Gasteiger partial charge on any atom is 0.104 e. The summed E-state index contributed by atoms with van der Waals surface area (Å²) >= 11 is 3.15. The Kier molecular flexibility index (Phi) is 1.85. The molecule has 0 atom stereocenters. The van der Waals surface area contributed by atoms with E-state index in [-0.39, 0.29) is 0 Å². The lowest BCUT2D eigenvalue weighted by molar-refractivity contribution is 1.07. The first-order valence-corrected chi connectivity index (χ1v) is 4.17. The van der Waals surface area contributed by atoms with E-state index >= 15 is 0 Å². The van der Waals surface area contributed by atoms with Gasteiger partial charge in [0.15, 0.2) is 0 Å². The van der Waals surface area contributed by atoms with Crippen molar-refractivity contribution in [3.05, 3.63) is 5.69 Å². The van der Waals surface area contributed by atoms with Gasteiger partial charge in [0.1, 0.15) is 4.21 Å². The third kappa shape index (κ3) is 1.00. The summed E-state index contributed by atoms with van der Waals surface area (Å²) in [5.74, 6) is 0. The molecule has 0 saturated heterocycles. The molecule has 1 heterocycles. The number of hydrogen-bond acceptors (Lipinski definition) is 4. The van der Waals surface area contributed by atoms with Gasteiger partial charge in [0.25, 0.3) is 0 Å². The smallest absolute Gasteiger partial charge is 0.104 e. The van der Waals surface area contributed by atoms with Crippen molar-refractivity contribution in [2.45, 2.75) is 11.1 Å². The van der Waals surface area contributed by atoms with Gasteiger partial charge < -0.3 is 0 Å². The van der Waals surface area contributed by atoms with E-state index in [0.717, 1.165) is 5.69 Å². The topological polar surface area (TPSA) is 25.8 Å². The Bertz CT molecular complexity index is 172. The van der Waals surface area contributed by atoms with Gasteiger partial charge in [-0.25, -0.2) is 0 Å². The lowest BCUT2D eigenvalue weighted by Crippen LogP contribution is -1.70. The average molecular weight is 146 g/mol. The van der Waals surface area contributed by atoms with Crippen LogP contribution in [0, 0.1) is 6.92 Å². The molecule has 0 unspecified atom stereocenters. The van der Waals surface area contributed by atoms with Crippen LogP contribution in [0.1, 0.15) is 5.69 Å². The van der Waals surface area contributed by atoms with Crippen molar-refractivity contribution >= 4 is 23.3 Å². The molecule has 8 heavy (non-hydrogen) atoms. The summed E-state index contributed by atoms with van der Waals surface area (Å²) in [5.41, 5.74) is 1.04. The van der Waals surface area contributed by atoms with Crippen molar-refractivity contribution in [2.24, 2.45) is 0 Å². The maximum atomic E-state index is 3.84. The molecule has 0 fully saturated rings. The molecule has 0 aliphatic rings. The number of thioether (sulfide) groups is 1. The molecule has 0 aliphatic heterocycles. The summed E-state index contributed by atoms with van der Waals surface area (Å²) in [6.07, 6.45) is 2.03. The van der Waals surface area contributed by atoms with Crippen LogP contribution in [0.5, 0.6) is 0 Å². The molecule has 0 saturated carbocycles. The zero-order valence-electron chi connectivity index (χ0n) is 4.71. The van der Waals surface area contributed by atoms with Crippen LogP contribution in [0.15, 0.2) is 4.21 Å². The van der Waals surface area contributed by atoms with Gasteiger partial charge in [0.05, 0.1) is 5.69 Å². The Labute approximate surface area is 56.5 Å². The molecule has 0 aromatic carbocycles. The number of nitrogens with zero attached hydrogens (tertiary/aromatic N) is 2. The molecule has 0 radical (unpaired) electrons. The molecule has 0 bridgehead atoms. The molecule has 0 spiro atoms. The zero-order chi connectivity index (χ0) is 5.98. The summed E-state index contributed by atoms with van der Waals surface area (Å²) in [5, 5.41) is 3.84. The van der Waals surface area contributed by atoms with E-state index in [1.807, 2.05) is 13.2 Å². The average Bonchev–Trinajstić information content (AvgIpc) is 2.14. The Balaban J connectivity index is 2.92. The van der Waals surface area contributed by atoms with Crippen molar-refractivity contribution < 1.29 is 0 Å². The summed E-state index contributed by atoms with van der Waals surface area (Å²) in [7, 11) is 0. The summed E-state index contributed by atoms with van der Waals surface area (Å²) in [6, 6.07) is 0. The van der Waals surface area contributed by atoms with Crippen LogP contribution in [0.2, 0.25) is 0 Å². The predicted octanol–water partition coefficient (Wildman–Crippen LogP) is 1.57. The lowest BCUT2D eigenvalue weighted by atomic mass is 10.6. The molecule has 44 valence electrons. The first-order valence-electron chi connectivity index (χ1n) is 2.17. The first kappa shape index (κ1) is 6.04. The third-order valence-electron chi connectivity index (χ3n) is 0.795. The monoisotopic (exact) mass is 146 g/mol. The minimum absolute atomic E-state index is 1.04. The number of aromatic nitrogens is 2. The zero-order valence-corrected chi connectivity index (χ0v) is 6.34. The summed E-state index contributed by atoms with van der Waals surface area (Å²) < 4.78 is 4.98. The van der Waals surface area contributed by atoms with Gasteiger partial charge in [-0.2, -0.15) is 0 Å². The highest BCUT2D eigenvalue weighted by atomic mass is 32.2. The number of aryl methyl sites for hydroxylation is 1. The maximum absolute atomic E-state index is 3.84. The van der Waals surface area contributed by atoms with Gasteiger partial charge in [-0.3, -0.25) is 0 Å². The molecule has 2 nitrogen and oxygen atoms in total. The summed E-state index contributed by atoms with van der Waals surface area (Å²) in [4.78, 5) is 0. The molecular formula is C4H6N2S2. The standard InChI is InChI=1S/C4H6N2S2/c1-3-4(7-2)8-6-5-3/h1-2H3. The van der Waals surface area contributed by atoms with Crippen molar-refractivity contribution in [2.75, 3.05) is 6.26 Å². The van der Waals surface area contributed by atoms with E-state index in [1.165, 1.54) is 15.7 Å². The Morgan fingerprint density at radius 1 is 1.62 bits per heavy atom. The largest absolute Gasteiger partial charge is 0.142 e. The second kappa shape index (κ2) is 2.46. The van der Waals surface area contributed by atoms with Crippen molar-refractivity contribution in [1.82, 2.24) is 9.59 Å². The van der Waals surface area contributed by atoms with Crippen molar-refractivity contribution in [1.29, 1.82) is 0 Å². The van der Waals surface area contributed by atoms with Crippen LogP contribution in [-0.2, 0) is 0 Å². The van der Waals surface area contributed by atoms with Gasteiger partial charge in [0.2, 0.25) is 0 Å². The molecular weight excluding hydrogens is 140 g/mol. The van der Waals surface area contributed by atoms with E-state index in [4.69, 9.17) is 0 Å². The molecule has 0 amide bonds. The van der Waals surface area contributed by atoms with E-state index in [9.17, 15) is 0 Å². The van der Waals surface area contributed by atoms with Crippen molar-refractivity contribution in [3.63, 3.8) is 0 Å². The molecule has 0 aliphatic carbocycles. The highest BCUT2D eigenvalue weighted by Crippen LogP contribution is 2.20. The fraction of sp³-hybridized carbons (Fsp3) is 0.500. The fourth-order valence-corrected chi connectivity index (χ4v) is 1.56. The molecule has 4 heteroatoms. The molecule has 1 rings (SSSR count). The minimum Gasteiger partial charge on any atom is -0.142 e. The second-order valence-electron chi connectivity index (χ2n) is 1.35. The Morgan fingerprint density at radius 2 is 2.38 bits per heavy atom. The third-order valence-corrected chi connectivity index (χ3v) is 2.81. The van der Waals surface area contributed by atoms with E-state index in [0.29, 0.717) is 0 Å². The first-order chi connectivity index (χ1) is 3.84. The van der Waals surface area contributed by atoms with Gasteiger partial charge >= 0.3 is 0 Å². The molecule has 1 aromatic rings. The van der Waals surface area contributed by atoms with Gasteiger partial charge in [0, 0.05) is 0 Å². The molecule has 1 aromatic heterocycles. The van der Waals surface area contributed by atoms with Crippen LogP contribution in [-0.4, -0.2) is 15.8 Å². The van der Waals surface area contributed by atoms with Gasteiger partial charge in [-0.05, 0) is 24.7 Å². The van der Waals surface area contributed by atoms with E-state index in [1.54, 1.807) is 11.8 Å². The van der Waals surface area contributed by atoms with Crippen LogP contribution in [0.3, 0.4) is 0 Å². The molecule has 0 N–H and O–H groups in total. The van der Waals surface area contributed by atoms with Crippen LogP contribution in [0.4, 0.5) is 0 Å². The quantitative estimate of drug-likeness (QED) is 0.562. The minimum atomic E-state index is 1.04. The predicted molar refractivity (Wildman–Crippen MR) is 36.4 cm³/mol. The van der Waals surface area contributed by atoms with Gasteiger partial charge in [-0.15, -0.1) is 16.9 Å². The number of rotatable bonds is 1. The fourth-order valence-electron chi connectivity index (χ4n) is 0.411. The number of hydrogen-bond donors (Lipinski definition) is 0. The SMILES string of the molecule is CSc1snnc1C. The second-order valence-corrected chi connectivity index (χ2v) is 3.18. The van der Waals surface area contributed by atoms with Crippen LogP contribution in [0.25, 0.3) is 0 Å². The van der Waals surface area contributed by atoms with Gasteiger partial charge in [-0.1, -0.05) is 4.49 Å².